The molecule has 0 bridgehead atoms. The fourth-order valence-corrected chi connectivity index (χ4v) is 6.05. The van der Waals surface area contributed by atoms with Crippen molar-refractivity contribution < 1.29 is 18.0 Å². The Morgan fingerprint density at radius 2 is 1.74 bits per heavy atom. The molecule has 4 rings (SSSR count). The van der Waals surface area contributed by atoms with Gasteiger partial charge in [-0.05, 0) is 67.6 Å². The lowest BCUT2D eigenvalue weighted by atomic mass is 10.1. The van der Waals surface area contributed by atoms with E-state index < -0.39 is 15.9 Å². The van der Waals surface area contributed by atoms with E-state index in [1.54, 1.807) is 47.7 Å². The zero-order valence-electron chi connectivity index (χ0n) is 18.9. The van der Waals surface area contributed by atoms with Crippen molar-refractivity contribution in [3.05, 3.63) is 76.0 Å². The van der Waals surface area contributed by atoms with E-state index in [0.29, 0.717) is 30.9 Å². The van der Waals surface area contributed by atoms with Gasteiger partial charge in [-0.15, -0.1) is 11.3 Å². The Kier molecular flexibility index (Phi) is 7.01. The molecular formula is C24H26N4O4S2. The van der Waals surface area contributed by atoms with Gasteiger partial charge in [0, 0.05) is 29.6 Å². The lowest BCUT2D eigenvalue weighted by molar-refractivity contribution is 0.102. The number of urea groups is 1. The standard InChI is InChI=1S/C24H26N4O4S2/c1-16(2)25-24(30)27-21-9-4-3-8-20(21)26-23(29)17-6-5-7-19(14-17)34(31,32)28-12-10-22-18(15-28)11-13-33-22/h3-9,11,13-14,16H,10,12,15H2,1-2H3,(H,26,29)(H2,25,27,30). The third-order valence-electron chi connectivity index (χ3n) is 5.35. The molecule has 0 saturated carbocycles. The van der Waals surface area contributed by atoms with Crippen LogP contribution in [0, 0.1) is 0 Å². The first-order valence-electron chi connectivity index (χ1n) is 10.9. The number of hydrogen-bond donors (Lipinski definition) is 3. The second-order valence-electron chi connectivity index (χ2n) is 8.24. The third-order valence-corrected chi connectivity index (χ3v) is 8.21. The number of carbonyl (C=O) groups excluding carboxylic acids is 2. The quantitative estimate of drug-likeness (QED) is 0.472. The molecule has 10 heteroatoms. The van der Waals surface area contributed by atoms with E-state index in [1.165, 1.54) is 21.3 Å². The molecule has 3 aromatic rings. The van der Waals surface area contributed by atoms with Crippen LogP contribution >= 0.6 is 11.3 Å². The predicted molar refractivity (Wildman–Crippen MR) is 134 cm³/mol. The molecule has 178 valence electrons. The fourth-order valence-electron chi connectivity index (χ4n) is 3.69. The minimum Gasteiger partial charge on any atom is -0.336 e. The van der Waals surface area contributed by atoms with E-state index in [4.69, 9.17) is 0 Å². The summed E-state index contributed by atoms with van der Waals surface area (Å²) in [6.07, 6.45) is 0.681. The Labute approximate surface area is 203 Å². The third kappa shape index (κ3) is 5.30. The molecular weight excluding hydrogens is 472 g/mol. The molecule has 0 aliphatic carbocycles. The highest BCUT2D eigenvalue weighted by molar-refractivity contribution is 7.89. The van der Waals surface area contributed by atoms with E-state index >= 15 is 0 Å². The molecule has 0 unspecified atom stereocenters. The highest BCUT2D eigenvalue weighted by atomic mass is 32.2. The molecule has 8 nitrogen and oxygen atoms in total. The van der Waals surface area contributed by atoms with Crippen molar-refractivity contribution in [1.29, 1.82) is 0 Å². The average molecular weight is 499 g/mol. The van der Waals surface area contributed by atoms with E-state index in [-0.39, 0.29) is 22.5 Å². The number of anilines is 2. The molecule has 1 aliphatic rings. The van der Waals surface area contributed by atoms with Crippen molar-refractivity contribution in [3.8, 4) is 0 Å². The van der Waals surface area contributed by atoms with Gasteiger partial charge in [-0.3, -0.25) is 4.79 Å². The summed E-state index contributed by atoms with van der Waals surface area (Å²) >= 11 is 1.64. The van der Waals surface area contributed by atoms with Crippen LogP contribution in [0.1, 0.15) is 34.6 Å². The topological polar surface area (TPSA) is 108 Å². The van der Waals surface area contributed by atoms with Crippen molar-refractivity contribution in [2.24, 2.45) is 0 Å². The van der Waals surface area contributed by atoms with Crippen LogP contribution in [0.5, 0.6) is 0 Å². The maximum absolute atomic E-state index is 13.3. The molecule has 0 spiro atoms. The first-order valence-corrected chi connectivity index (χ1v) is 13.2. The number of para-hydroxylation sites is 2. The van der Waals surface area contributed by atoms with Gasteiger partial charge >= 0.3 is 6.03 Å². The van der Waals surface area contributed by atoms with E-state index in [0.717, 1.165) is 5.56 Å². The Morgan fingerprint density at radius 3 is 2.47 bits per heavy atom. The Morgan fingerprint density at radius 1 is 1.00 bits per heavy atom. The molecule has 1 aliphatic heterocycles. The molecule has 0 saturated heterocycles. The zero-order chi connectivity index (χ0) is 24.3. The lowest BCUT2D eigenvalue weighted by Crippen LogP contribution is -2.35. The van der Waals surface area contributed by atoms with E-state index in [2.05, 4.69) is 16.0 Å². The van der Waals surface area contributed by atoms with Crippen molar-refractivity contribution in [3.63, 3.8) is 0 Å². The fraction of sp³-hybridized carbons (Fsp3) is 0.250. The second-order valence-corrected chi connectivity index (χ2v) is 11.2. The van der Waals surface area contributed by atoms with Crippen LogP contribution in [-0.2, 0) is 23.0 Å². The minimum absolute atomic E-state index is 0.0438. The number of nitrogens with zero attached hydrogens (tertiary/aromatic N) is 1. The summed E-state index contributed by atoms with van der Waals surface area (Å²) in [5.74, 6) is -0.477. The monoisotopic (exact) mass is 498 g/mol. The van der Waals surface area contributed by atoms with Gasteiger partial charge in [0.05, 0.1) is 16.3 Å². The van der Waals surface area contributed by atoms with Crippen LogP contribution in [-0.4, -0.2) is 37.2 Å². The number of nitrogens with one attached hydrogen (secondary N) is 3. The average Bonchev–Trinajstić information content (AvgIpc) is 3.28. The number of carbonyl (C=O) groups is 2. The SMILES string of the molecule is CC(C)NC(=O)Nc1ccccc1NC(=O)c1cccc(S(=O)(=O)N2CCc3sccc3C2)c1. The molecule has 0 atom stereocenters. The van der Waals surface area contributed by atoms with Crippen LogP contribution in [0.25, 0.3) is 0 Å². The van der Waals surface area contributed by atoms with Crippen LogP contribution in [0.3, 0.4) is 0 Å². The number of sulfonamides is 1. The first kappa shape index (κ1) is 23.9. The Bertz CT molecular complexity index is 1320. The lowest BCUT2D eigenvalue weighted by Gasteiger charge is -2.26. The van der Waals surface area contributed by atoms with Gasteiger partial charge in [-0.25, -0.2) is 13.2 Å². The summed E-state index contributed by atoms with van der Waals surface area (Å²) in [5.41, 5.74) is 2.06. The molecule has 3 amide bonds. The van der Waals surface area contributed by atoms with Gasteiger partial charge in [-0.2, -0.15) is 4.31 Å². The number of fused-ring (bicyclic) bond motifs is 1. The number of rotatable bonds is 6. The highest BCUT2D eigenvalue weighted by Gasteiger charge is 2.29. The van der Waals surface area contributed by atoms with Crippen LogP contribution in [0.4, 0.5) is 16.2 Å². The maximum atomic E-state index is 13.3. The minimum atomic E-state index is -3.75. The van der Waals surface area contributed by atoms with Crippen LogP contribution in [0.2, 0.25) is 0 Å². The van der Waals surface area contributed by atoms with Crippen LogP contribution in [0.15, 0.2) is 64.9 Å². The molecule has 0 fully saturated rings. The van der Waals surface area contributed by atoms with E-state index in [1.807, 2.05) is 25.3 Å². The van der Waals surface area contributed by atoms with Crippen molar-refractivity contribution in [2.45, 2.75) is 37.8 Å². The summed E-state index contributed by atoms with van der Waals surface area (Å²) in [7, 11) is -3.75. The van der Waals surface area contributed by atoms with Gasteiger partial charge in [0.25, 0.3) is 5.91 Å². The van der Waals surface area contributed by atoms with Gasteiger partial charge in [0.15, 0.2) is 0 Å². The Balaban J connectivity index is 1.52. The number of hydrogen-bond acceptors (Lipinski definition) is 5. The molecule has 1 aromatic heterocycles. The molecule has 34 heavy (non-hydrogen) atoms. The largest absolute Gasteiger partial charge is 0.336 e. The number of benzene rings is 2. The second kappa shape index (κ2) is 9.96. The van der Waals surface area contributed by atoms with Gasteiger partial charge < -0.3 is 16.0 Å². The Hall–Kier alpha value is -3.21. The van der Waals surface area contributed by atoms with Crippen molar-refractivity contribution in [2.75, 3.05) is 17.2 Å². The molecule has 2 aromatic carbocycles. The zero-order valence-corrected chi connectivity index (χ0v) is 20.5. The van der Waals surface area contributed by atoms with Gasteiger partial charge in [-0.1, -0.05) is 18.2 Å². The molecule has 3 N–H and O–H groups in total. The summed E-state index contributed by atoms with van der Waals surface area (Å²) in [6, 6.07) is 14.3. The first-order chi connectivity index (χ1) is 16.2. The van der Waals surface area contributed by atoms with Crippen LogP contribution < -0.4 is 16.0 Å². The number of thiophene rings is 1. The van der Waals surface area contributed by atoms with Crippen molar-refractivity contribution >= 4 is 44.7 Å². The normalized spacial score (nSPS) is 13.9. The summed E-state index contributed by atoms with van der Waals surface area (Å²) in [6.45, 7) is 4.42. The molecule has 2 heterocycles. The van der Waals surface area contributed by atoms with Gasteiger partial charge in [0.1, 0.15) is 0 Å². The summed E-state index contributed by atoms with van der Waals surface area (Å²) in [5, 5.41) is 10.2. The molecule has 0 radical (unpaired) electrons. The van der Waals surface area contributed by atoms with E-state index in [9.17, 15) is 18.0 Å². The summed E-state index contributed by atoms with van der Waals surface area (Å²) in [4.78, 5) is 26.3. The van der Waals surface area contributed by atoms with Crippen molar-refractivity contribution in [1.82, 2.24) is 9.62 Å². The smallest absolute Gasteiger partial charge is 0.319 e. The van der Waals surface area contributed by atoms with Gasteiger partial charge in [0.2, 0.25) is 10.0 Å². The predicted octanol–water partition coefficient (Wildman–Crippen LogP) is 4.28. The maximum Gasteiger partial charge on any atom is 0.319 e. The highest BCUT2D eigenvalue weighted by Crippen LogP contribution is 2.29. The number of amides is 3. The summed E-state index contributed by atoms with van der Waals surface area (Å²) < 4.78 is 28.0.